The summed E-state index contributed by atoms with van der Waals surface area (Å²) in [5.41, 5.74) is 5.88. The third-order valence-corrected chi connectivity index (χ3v) is 3.89. The van der Waals surface area contributed by atoms with E-state index in [1.165, 1.54) is 10.1 Å². The number of rotatable bonds is 3. The fourth-order valence-electron chi connectivity index (χ4n) is 1.78. The Labute approximate surface area is 92.3 Å². The normalized spacial score (nSPS) is 17.9. The monoisotopic (exact) mass is 219 g/mol. The molecule has 3 rings (SSSR count). The Hall–Kier alpha value is -1.13. The van der Waals surface area contributed by atoms with Gasteiger partial charge in [-0.2, -0.15) is 0 Å². The van der Waals surface area contributed by atoms with Gasteiger partial charge in [0.15, 0.2) is 0 Å². The van der Waals surface area contributed by atoms with E-state index in [0.717, 1.165) is 18.7 Å². The number of nitrogens with two attached hydrogens (primary N) is 1. The highest BCUT2D eigenvalue weighted by Crippen LogP contribution is 2.39. The van der Waals surface area contributed by atoms with Crippen LogP contribution in [0.2, 0.25) is 0 Å². The van der Waals surface area contributed by atoms with Crippen LogP contribution in [0.5, 0.6) is 0 Å². The second-order valence-corrected chi connectivity index (χ2v) is 5.05. The highest BCUT2D eigenvalue weighted by molar-refractivity contribution is 7.17. The van der Waals surface area contributed by atoms with E-state index in [1.807, 2.05) is 12.3 Å². The number of hydrogen-bond acceptors (Lipinski definition) is 4. The molecule has 3 nitrogen and oxygen atoms in total. The zero-order chi connectivity index (χ0) is 10.3. The van der Waals surface area contributed by atoms with Crippen molar-refractivity contribution < 1.29 is 0 Å². The van der Waals surface area contributed by atoms with Gasteiger partial charge in [-0.3, -0.25) is 0 Å². The van der Waals surface area contributed by atoms with Crippen molar-refractivity contribution in [3.63, 3.8) is 0 Å². The summed E-state index contributed by atoms with van der Waals surface area (Å²) in [6.07, 6.45) is 4.17. The zero-order valence-electron chi connectivity index (χ0n) is 8.36. The van der Waals surface area contributed by atoms with E-state index in [-0.39, 0.29) is 5.54 Å². The van der Waals surface area contributed by atoms with Crippen molar-refractivity contribution >= 4 is 27.2 Å². The molecule has 3 N–H and O–H groups in total. The molecule has 0 aliphatic heterocycles. The minimum Gasteiger partial charge on any atom is -0.363 e. The fraction of sp³-hybridized carbons (Fsp3) is 0.364. The molecule has 2 aromatic heterocycles. The van der Waals surface area contributed by atoms with Crippen LogP contribution >= 0.6 is 11.3 Å². The molecule has 0 saturated heterocycles. The van der Waals surface area contributed by atoms with Gasteiger partial charge in [0.2, 0.25) is 0 Å². The topological polar surface area (TPSA) is 50.9 Å². The smallest absolute Gasteiger partial charge is 0.135 e. The minimum absolute atomic E-state index is 0.128. The number of pyridine rings is 1. The van der Waals surface area contributed by atoms with E-state index < -0.39 is 0 Å². The van der Waals surface area contributed by atoms with Gasteiger partial charge in [-0.25, -0.2) is 4.98 Å². The van der Waals surface area contributed by atoms with E-state index in [4.69, 9.17) is 5.73 Å². The van der Waals surface area contributed by atoms with Crippen LogP contribution in [0, 0.1) is 0 Å². The lowest BCUT2D eigenvalue weighted by Crippen LogP contribution is -2.31. The number of thiophene rings is 1. The first kappa shape index (κ1) is 9.12. The largest absolute Gasteiger partial charge is 0.363 e. The number of fused-ring (bicyclic) bond motifs is 1. The summed E-state index contributed by atoms with van der Waals surface area (Å²) in [5, 5.41) is 6.79. The molecule has 78 valence electrons. The lowest BCUT2D eigenvalue weighted by molar-refractivity contribution is 0.738. The predicted octanol–water partition coefficient (Wildman–Crippen LogP) is 2.20. The lowest BCUT2D eigenvalue weighted by atomic mass is 10.2. The molecule has 0 unspecified atom stereocenters. The second-order valence-electron chi connectivity index (χ2n) is 4.10. The third-order valence-electron chi connectivity index (χ3n) is 3.01. The molecule has 0 bridgehead atoms. The molecule has 1 aliphatic carbocycles. The molecular weight excluding hydrogens is 206 g/mol. The van der Waals surface area contributed by atoms with E-state index in [1.54, 1.807) is 11.3 Å². The van der Waals surface area contributed by atoms with Crippen LogP contribution in [0.4, 0.5) is 5.82 Å². The van der Waals surface area contributed by atoms with Crippen LogP contribution in [0.1, 0.15) is 12.8 Å². The maximum Gasteiger partial charge on any atom is 0.135 e. The van der Waals surface area contributed by atoms with E-state index in [9.17, 15) is 0 Å². The summed E-state index contributed by atoms with van der Waals surface area (Å²) in [4.78, 5) is 4.39. The number of aromatic nitrogens is 1. The van der Waals surface area contributed by atoms with Gasteiger partial charge in [-0.05, 0) is 30.4 Å². The van der Waals surface area contributed by atoms with Crippen LogP contribution in [0.25, 0.3) is 10.1 Å². The summed E-state index contributed by atoms with van der Waals surface area (Å²) >= 11 is 1.74. The molecule has 0 spiro atoms. The molecule has 15 heavy (non-hydrogen) atoms. The quantitative estimate of drug-likeness (QED) is 0.832. The molecular formula is C11H13N3S. The average molecular weight is 219 g/mol. The maximum absolute atomic E-state index is 5.75. The van der Waals surface area contributed by atoms with Gasteiger partial charge in [0.25, 0.3) is 0 Å². The Morgan fingerprint density at radius 3 is 3.07 bits per heavy atom. The van der Waals surface area contributed by atoms with Gasteiger partial charge in [0.05, 0.1) is 5.54 Å². The Morgan fingerprint density at radius 1 is 1.47 bits per heavy atom. The predicted molar refractivity (Wildman–Crippen MR) is 64.3 cm³/mol. The van der Waals surface area contributed by atoms with Gasteiger partial charge in [-0.15, -0.1) is 11.3 Å². The van der Waals surface area contributed by atoms with Crippen LogP contribution in [0.3, 0.4) is 0 Å². The zero-order valence-corrected chi connectivity index (χ0v) is 9.18. The summed E-state index contributed by atoms with van der Waals surface area (Å²) in [7, 11) is 0. The van der Waals surface area contributed by atoms with Gasteiger partial charge >= 0.3 is 0 Å². The summed E-state index contributed by atoms with van der Waals surface area (Å²) in [5.74, 6) is 0.983. The fourth-order valence-corrected chi connectivity index (χ4v) is 2.56. The average Bonchev–Trinajstić information content (AvgIpc) is 2.87. The summed E-state index contributed by atoms with van der Waals surface area (Å²) < 4.78 is 1.28. The van der Waals surface area contributed by atoms with Gasteiger partial charge in [0, 0.05) is 22.8 Å². The van der Waals surface area contributed by atoms with Gasteiger partial charge in [-0.1, -0.05) is 0 Å². The Balaban J connectivity index is 2.00. The molecule has 0 aromatic carbocycles. The third kappa shape index (κ3) is 1.50. The van der Waals surface area contributed by atoms with Crippen molar-refractivity contribution in [3.05, 3.63) is 23.7 Å². The van der Waals surface area contributed by atoms with Crippen LogP contribution in [0.15, 0.2) is 23.7 Å². The minimum atomic E-state index is 0.128. The highest BCUT2D eigenvalue weighted by Gasteiger charge is 2.41. The van der Waals surface area contributed by atoms with E-state index in [2.05, 4.69) is 21.7 Å². The molecule has 0 radical (unpaired) electrons. The first-order valence-corrected chi connectivity index (χ1v) is 6.01. The number of anilines is 1. The molecule has 2 aromatic rings. The molecule has 0 atom stereocenters. The Kier molecular flexibility index (Phi) is 1.94. The standard InChI is InChI=1S/C11H13N3S/c12-7-11(3-4-11)14-10-8-2-6-15-9(8)1-5-13-10/h1-2,5-6H,3-4,7,12H2,(H,13,14). The van der Waals surface area contributed by atoms with Crippen molar-refractivity contribution in [3.8, 4) is 0 Å². The SMILES string of the molecule is NCC1(Nc2nccc3sccc23)CC1. The highest BCUT2D eigenvalue weighted by atomic mass is 32.1. The van der Waals surface area contributed by atoms with Crippen LogP contribution < -0.4 is 11.1 Å². The summed E-state index contributed by atoms with van der Waals surface area (Å²) in [6, 6.07) is 4.16. The molecule has 2 heterocycles. The van der Waals surface area contributed by atoms with Crippen molar-refractivity contribution in [2.75, 3.05) is 11.9 Å². The van der Waals surface area contributed by atoms with Crippen molar-refractivity contribution in [2.45, 2.75) is 18.4 Å². The molecule has 1 aliphatic rings. The van der Waals surface area contributed by atoms with Crippen LogP contribution in [-0.2, 0) is 0 Å². The first-order valence-electron chi connectivity index (χ1n) is 5.13. The van der Waals surface area contributed by atoms with Gasteiger partial charge < -0.3 is 11.1 Å². The molecule has 0 amide bonds. The Morgan fingerprint density at radius 2 is 2.33 bits per heavy atom. The second kappa shape index (κ2) is 3.18. The van der Waals surface area contributed by atoms with E-state index in [0.29, 0.717) is 6.54 Å². The summed E-state index contributed by atoms with van der Waals surface area (Å²) in [6.45, 7) is 0.690. The van der Waals surface area contributed by atoms with Crippen molar-refractivity contribution in [2.24, 2.45) is 5.73 Å². The van der Waals surface area contributed by atoms with E-state index >= 15 is 0 Å². The van der Waals surface area contributed by atoms with Crippen molar-refractivity contribution in [1.82, 2.24) is 4.98 Å². The number of nitrogens with one attached hydrogen (secondary N) is 1. The molecule has 1 saturated carbocycles. The Bertz CT molecular complexity index is 487. The molecule has 1 fully saturated rings. The number of nitrogens with zero attached hydrogens (tertiary/aromatic N) is 1. The molecule has 4 heteroatoms. The van der Waals surface area contributed by atoms with Gasteiger partial charge in [0.1, 0.15) is 5.82 Å². The van der Waals surface area contributed by atoms with Crippen LogP contribution in [-0.4, -0.2) is 17.1 Å². The van der Waals surface area contributed by atoms with Crippen molar-refractivity contribution in [1.29, 1.82) is 0 Å². The number of hydrogen-bond donors (Lipinski definition) is 2. The lowest BCUT2D eigenvalue weighted by Gasteiger charge is -2.15. The first-order chi connectivity index (χ1) is 7.33. The maximum atomic E-state index is 5.75.